The number of carbonyl (C=O) groups is 1. The first-order valence-electron chi connectivity index (χ1n) is 5.96. The maximum Gasteiger partial charge on any atom is 0.303 e. The topological polar surface area (TPSA) is 66.0 Å². The number of imidazole rings is 1. The minimum Gasteiger partial charge on any atom is -0.481 e. The van der Waals surface area contributed by atoms with Crippen molar-refractivity contribution in [2.75, 3.05) is 5.75 Å². The Morgan fingerprint density at radius 3 is 2.89 bits per heavy atom. The molecule has 3 rings (SSSR count). The molecule has 2 N–H and O–H groups in total. The van der Waals surface area contributed by atoms with Crippen LogP contribution in [0.3, 0.4) is 0 Å². The average Bonchev–Trinajstić information content (AvgIpc) is 2.95. The lowest BCUT2D eigenvalue weighted by molar-refractivity contribution is -0.138. The van der Waals surface area contributed by atoms with E-state index in [2.05, 4.69) is 9.97 Å². The molecule has 4 nitrogen and oxygen atoms in total. The highest BCUT2D eigenvalue weighted by Gasteiger charge is 2.44. The van der Waals surface area contributed by atoms with Gasteiger partial charge in [0.05, 0.1) is 17.5 Å². The van der Waals surface area contributed by atoms with Crippen LogP contribution < -0.4 is 0 Å². The molecule has 0 unspecified atom stereocenters. The second-order valence-corrected chi connectivity index (χ2v) is 5.88. The fourth-order valence-electron chi connectivity index (χ4n) is 2.09. The van der Waals surface area contributed by atoms with Crippen molar-refractivity contribution in [3.63, 3.8) is 0 Å². The fraction of sp³-hybridized carbons (Fsp3) is 0.385. The van der Waals surface area contributed by atoms with Crippen molar-refractivity contribution in [1.82, 2.24) is 9.97 Å². The predicted molar refractivity (Wildman–Crippen MR) is 70.7 cm³/mol. The van der Waals surface area contributed by atoms with Crippen LogP contribution in [0.5, 0.6) is 0 Å². The van der Waals surface area contributed by atoms with Gasteiger partial charge in [-0.2, -0.15) is 0 Å². The maximum atomic E-state index is 10.8. The minimum atomic E-state index is -0.697. The lowest BCUT2D eigenvalue weighted by Crippen LogP contribution is -2.11. The number of carboxylic acids is 1. The molecule has 0 radical (unpaired) electrons. The molecule has 1 heterocycles. The van der Waals surface area contributed by atoms with Gasteiger partial charge in [0.25, 0.3) is 0 Å². The van der Waals surface area contributed by atoms with Gasteiger partial charge in [-0.25, -0.2) is 4.98 Å². The minimum absolute atomic E-state index is 0.00940. The first-order chi connectivity index (χ1) is 8.67. The summed E-state index contributed by atoms with van der Waals surface area (Å²) in [6.45, 7) is 0. The Kier molecular flexibility index (Phi) is 2.78. The molecule has 1 aliphatic carbocycles. The molecule has 0 atom stereocenters. The Balaban J connectivity index is 1.68. The van der Waals surface area contributed by atoms with Gasteiger partial charge in [0.1, 0.15) is 0 Å². The number of thioether (sulfide) groups is 1. The number of carboxylic acid groups (broad SMARTS) is 1. The standard InChI is InChI=1S/C13H14N2O2S/c16-11(17)7-13(5-6-13)8-18-12-14-9-3-1-2-4-10(9)15-12/h1-4H,5-8H2,(H,14,15)(H,16,17). The molecule has 5 heteroatoms. The predicted octanol–water partition coefficient (Wildman–Crippen LogP) is 2.91. The van der Waals surface area contributed by atoms with Crippen LogP contribution in [0.4, 0.5) is 0 Å². The molecule has 1 aromatic heterocycles. The molecule has 0 aliphatic heterocycles. The third kappa shape index (κ3) is 2.36. The lowest BCUT2D eigenvalue weighted by atomic mass is 10.1. The Morgan fingerprint density at radius 2 is 2.22 bits per heavy atom. The van der Waals surface area contributed by atoms with Crippen LogP contribution in [0, 0.1) is 5.41 Å². The van der Waals surface area contributed by atoms with Gasteiger partial charge in [-0.1, -0.05) is 23.9 Å². The second-order valence-electron chi connectivity index (χ2n) is 4.92. The molecular formula is C13H14N2O2S. The van der Waals surface area contributed by atoms with Gasteiger partial charge in [-0.05, 0) is 30.4 Å². The molecule has 1 fully saturated rings. The van der Waals surface area contributed by atoms with Gasteiger partial charge in [0.15, 0.2) is 5.16 Å². The number of aromatic amines is 1. The van der Waals surface area contributed by atoms with Crippen LogP contribution in [-0.2, 0) is 4.79 Å². The number of aliphatic carboxylic acids is 1. The summed E-state index contributed by atoms with van der Waals surface area (Å²) in [7, 11) is 0. The number of H-pyrrole nitrogens is 1. The summed E-state index contributed by atoms with van der Waals surface area (Å²) >= 11 is 1.63. The Morgan fingerprint density at radius 1 is 1.44 bits per heavy atom. The van der Waals surface area contributed by atoms with Gasteiger partial charge in [-0.15, -0.1) is 0 Å². The Bertz CT molecular complexity index is 556. The first kappa shape index (κ1) is 11.6. The highest BCUT2D eigenvalue weighted by atomic mass is 32.2. The smallest absolute Gasteiger partial charge is 0.303 e. The van der Waals surface area contributed by atoms with Crippen molar-refractivity contribution in [1.29, 1.82) is 0 Å². The Labute approximate surface area is 109 Å². The molecule has 0 saturated heterocycles. The first-order valence-corrected chi connectivity index (χ1v) is 6.95. The van der Waals surface area contributed by atoms with E-state index in [1.165, 1.54) is 0 Å². The summed E-state index contributed by atoms with van der Waals surface area (Å²) in [6.07, 6.45) is 2.32. The van der Waals surface area contributed by atoms with Crippen molar-refractivity contribution in [2.24, 2.45) is 5.41 Å². The molecule has 1 aromatic carbocycles. The van der Waals surface area contributed by atoms with Gasteiger partial charge in [0, 0.05) is 5.75 Å². The fourth-order valence-corrected chi connectivity index (χ4v) is 3.27. The van der Waals surface area contributed by atoms with Crippen molar-refractivity contribution in [3.05, 3.63) is 24.3 Å². The summed E-state index contributed by atoms with van der Waals surface area (Å²) in [5.41, 5.74) is 2.00. The summed E-state index contributed by atoms with van der Waals surface area (Å²) in [5.74, 6) is 0.136. The summed E-state index contributed by atoms with van der Waals surface area (Å²) in [5, 5.41) is 9.75. The van der Waals surface area contributed by atoms with E-state index < -0.39 is 5.97 Å². The zero-order valence-electron chi connectivity index (χ0n) is 9.85. The van der Waals surface area contributed by atoms with E-state index in [9.17, 15) is 4.79 Å². The van der Waals surface area contributed by atoms with Crippen molar-refractivity contribution in [3.8, 4) is 0 Å². The molecule has 0 amide bonds. The molecule has 2 aromatic rings. The quantitative estimate of drug-likeness (QED) is 0.813. The largest absolute Gasteiger partial charge is 0.481 e. The van der Waals surface area contributed by atoms with Gasteiger partial charge < -0.3 is 10.1 Å². The number of aromatic nitrogens is 2. The number of benzene rings is 1. The molecule has 1 saturated carbocycles. The van der Waals surface area contributed by atoms with Crippen LogP contribution in [0.25, 0.3) is 11.0 Å². The van der Waals surface area contributed by atoms with Crippen LogP contribution in [-0.4, -0.2) is 26.8 Å². The van der Waals surface area contributed by atoms with Crippen LogP contribution in [0.2, 0.25) is 0 Å². The normalized spacial score (nSPS) is 16.9. The zero-order chi connectivity index (χ0) is 12.6. The van der Waals surface area contributed by atoms with E-state index in [0.717, 1.165) is 34.8 Å². The Hall–Kier alpha value is -1.49. The van der Waals surface area contributed by atoms with Crippen LogP contribution in [0.1, 0.15) is 19.3 Å². The maximum absolute atomic E-state index is 10.8. The number of fused-ring (bicyclic) bond motifs is 1. The molecule has 1 aliphatic rings. The van der Waals surface area contributed by atoms with E-state index in [1.54, 1.807) is 11.8 Å². The van der Waals surface area contributed by atoms with Crippen molar-refractivity contribution in [2.45, 2.75) is 24.4 Å². The lowest BCUT2D eigenvalue weighted by Gasteiger charge is -2.09. The van der Waals surface area contributed by atoms with Crippen LogP contribution >= 0.6 is 11.8 Å². The molecule has 0 spiro atoms. The van der Waals surface area contributed by atoms with Crippen LogP contribution in [0.15, 0.2) is 29.4 Å². The van der Waals surface area contributed by atoms with E-state index in [4.69, 9.17) is 5.11 Å². The SMILES string of the molecule is O=C(O)CC1(CSc2nc3ccccc3[nH]2)CC1. The third-order valence-corrected chi connectivity index (χ3v) is 4.59. The molecule has 0 bridgehead atoms. The number of nitrogens with one attached hydrogen (secondary N) is 1. The number of hydrogen-bond acceptors (Lipinski definition) is 3. The van der Waals surface area contributed by atoms with Gasteiger partial charge in [0.2, 0.25) is 0 Å². The summed E-state index contributed by atoms with van der Waals surface area (Å²) < 4.78 is 0. The van der Waals surface area contributed by atoms with E-state index in [0.29, 0.717) is 0 Å². The second kappa shape index (κ2) is 4.31. The average molecular weight is 262 g/mol. The highest BCUT2D eigenvalue weighted by molar-refractivity contribution is 7.99. The van der Waals surface area contributed by atoms with E-state index >= 15 is 0 Å². The number of para-hydroxylation sites is 2. The number of hydrogen-bond donors (Lipinski definition) is 2. The monoisotopic (exact) mass is 262 g/mol. The van der Waals surface area contributed by atoms with E-state index in [-0.39, 0.29) is 11.8 Å². The van der Waals surface area contributed by atoms with Crippen molar-refractivity contribution >= 4 is 28.8 Å². The zero-order valence-corrected chi connectivity index (χ0v) is 10.7. The van der Waals surface area contributed by atoms with E-state index in [1.807, 2.05) is 24.3 Å². The van der Waals surface area contributed by atoms with Crippen molar-refractivity contribution < 1.29 is 9.90 Å². The van der Waals surface area contributed by atoms with Gasteiger partial charge in [-0.3, -0.25) is 4.79 Å². The summed E-state index contributed by atoms with van der Waals surface area (Å²) in [6, 6.07) is 7.91. The number of nitrogens with zero attached hydrogens (tertiary/aromatic N) is 1. The summed E-state index contributed by atoms with van der Waals surface area (Å²) in [4.78, 5) is 18.5. The third-order valence-electron chi connectivity index (χ3n) is 3.37. The van der Waals surface area contributed by atoms with Gasteiger partial charge >= 0.3 is 5.97 Å². The molecule has 94 valence electrons. The number of rotatable bonds is 5. The highest BCUT2D eigenvalue weighted by Crippen LogP contribution is 2.51. The molecule has 18 heavy (non-hydrogen) atoms. The molecular weight excluding hydrogens is 248 g/mol.